The van der Waals surface area contributed by atoms with Gasteiger partial charge in [0.25, 0.3) is 0 Å². The molecular weight excluding hydrogens is 162 g/mol. The minimum absolute atomic E-state index is 0.207. The molecule has 1 fully saturated rings. The fourth-order valence-corrected chi connectivity index (χ4v) is 1.78. The molecule has 1 aromatic heterocycles. The number of nitrogens with zero attached hydrogens (tertiary/aromatic N) is 1. The van der Waals surface area contributed by atoms with Gasteiger partial charge in [0.05, 0.1) is 5.69 Å². The molecule has 3 nitrogen and oxygen atoms in total. The van der Waals surface area contributed by atoms with Crippen molar-refractivity contribution in [3.8, 4) is 0 Å². The molecule has 1 aliphatic rings. The van der Waals surface area contributed by atoms with Gasteiger partial charge in [0.2, 0.25) is 0 Å². The van der Waals surface area contributed by atoms with Gasteiger partial charge in [-0.1, -0.05) is 6.92 Å². The van der Waals surface area contributed by atoms with Crippen LogP contribution in [0.1, 0.15) is 37.0 Å². The summed E-state index contributed by atoms with van der Waals surface area (Å²) in [4.78, 5) is 7.96. The summed E-state index contributed by atoms with van der Waals surface area (Å²) >= 11 is 0. The Balaban J connectivity index is 2.31. The van der Waals surface area contributed by atoms with Gasteiger partial charge in [-0.05, 0) is 26.2 Å². The minimum atomic E-state index is 0.207. The van der Waals surface area contributed by atoms with Crippen LogP contribution in [0.5, 0.6) is 0 Å². The Hall–Kier alpha value is -0.830. The highest BCUT2D eigenvalue weighted by atomic mass is 15.0. The molecule has 0 unspecified atom stereocenters. The molecule has 0 aliphatic heterocycles. The normalized spacial score (nSPS) is 19.0. The van der Waals surface area contributed by atoms with Crippen LogP contribution in [-0.4, -0.2) is 16.5 Å². The molecule has 3 N–H and O–H groups in total. The number of H-pyrrole nitrogens is 1. The van der Waals surface area contributed by atoms with Crippen LogP contribution in [0.2, 0.25) is 0 Å². The van der Waals surface area contributed by atoms with Gasteiger partial charge < -0.3 is 10.7 Å². The molecule has 1 aliphatic carbocycles. The quantitative estimate of drug-likeness (QED) is 0.734. The molecule has 0 radical (unpaired) electrons. The lowest BCUT2D eigenvalue weighted by atomic mass is 10.1. The Bertz CT molecular complexity index is 310. The summed E-state index contributed by atoms with van der Waals surface area (Å²) in [6, 6.07) is 0. The fraction of sp³-hybridized carbons (Fsp3) is 0.700. The SMILES string of the molecule is CCc1nc(C2(CN)CC2)[nH]c1C. The number of aryl methyl sites for hydroxylation is 2. The highest BCUT2D eigenvalue weighted by Gasteiger charge is 2.45. The molecule has 1 aromatic rings. The van der Waals surface area contributed by atoms with Crippen molar-refractivity contribution in [2.75, 3.05) is 6.54 Å². The second-order valence-electron chi connectivity index (χ2n) is 4.00. The number of aromatic amines is 1. The maximum atomic E-state index is 5.74. The van der Waals surface area contributed by atoms with Crippen molar-refractivity contribution in [3.63, 3.8) is 0 Å². The number of hydrogen-bond acceptors (Lipinski definition) is 2. The van der Waals surface area contributed by atoms with Gasteiger partial charge in [0, 0.05) is 17.7 Å². The summed E-state index contributed by atoms with van der Waals surface area (Å²) in [5.74, 6) is 1.12. The monoisotopic (exact) mass is 179 g/mol. The molecule has 0 bridgehead atoms. The molecule has 2 rings (SSSR count). The zero-order chi connectivity index (χ0) is 9.47. The summed E-state index contributed by atoms with van der Waals surface area (Å²) in [6.07, 6.45) is 3.39. The predicted octanol–water partition coefficient (Wildman–Crippen LogP) is 1.27. The van der Waals surface area contributed by atoms with Gasteiger partial charge in [-0.2, -0.15) is 0 Å². The molecule has 0 saturated heterocycles. The molecule has 1 heterocycles. The maximum Gasteiger partial charge on any atom is 0.114 e. The first kappa shape index (κ1) is 8.75. The van der Waals surface area contributed by atoms with Crippen LogP contribution in [0.25, 0.3) is 0 Å². The van der Waals surface area contributed by atoms with Crippen molar-refractivity contribution in [2.24, 2.45) is 5.73 Å². The Morgan fingerprint density at radius 3 is 2.62 bits per heavy atom. The third kappa shape index (κ3) is 1.27. The number of imidazole rings is 1. The lowest BCUT2D eigenvalue weighted by molar-refractivity contribution is 0.656. The summed E-state index contributed by atoms with van der Waals surface area (Å²) in [7, 11) is 0. The largest absolute Gasteiger partial charge is 0.345 e. The van der Waals surface area contributed by atoms with Crippen molar-refractivity contribution in [1.82, 2.24) is 9.97 Å². The van der Waals surface area contributed by atoms with E-state index >= 15 is 0 Å². The zero-order valence-corrected chi connectivity index (χ0v) is 8.35. The third-order valence-corrected chi connectivity index (χ3v) is 3.07. The first-order chi connectivity index (χ1) is 6.22. The van der Waals surface area contributed by atoms with E-state index in [4.69, 9.17) is 5.73 Å². The van der Waals surface area contributed by atoms with Crippen LogP contribution in [0.3, 0.4) is 0 Å². The number of nitrogens with two attached hydrogens (primary N) is 1. The van der Waals surface area contributed by atoms with Crippen molar-refractivity contribution in [1.29, 1.82) is 0 Å². The van der Waals surface area contributed by atoms with Crippen molar-refractivity contribution >= 4 is 0 Å². The van der Waals surface area contributed by atoms with Gasteiger partial charge in [-0.25, -0.2) is 4.98 Å². The summed E-state index contributed by atoms with van der Waals surface area (Å²) < 4.78 is 0. The van der Waals surface area contributed by atoms with Crippen LogP contribution in [0.15, 0.2) is 0 Å². The first-order valence-electron chi connectivity index (χ1n) is 4.98. The van der Waals surface area contributed by atoms with E-state index in [1.54, 1.807) is 0 Å². The average Bonchev–Trinajstić information content (AvgIpc) is 2.85. The molecule has 3 heteroatoms. The average molecular weight is 179 g/mol. The van der Waals surface area contributed by atoms with E-state index < -0.39 is 0 Å². The molecule has 13 heavy (non-hydrogen) atoms. The van der Waals surface area contributed by atoms with Gasteiger partial charge >= 0.3 is 0 Å². The first-order valence-corrected chi connectivity index (χ1v) is 4.98. The van der Waals surface area contributed by atoms with E-state index in [0.29, 0.717) is 0 Å². The molecule has 0 amide bonds. The third-order valence-electron chi connectivity index (χ3n) is 3.07. The Kier molecular flexibility index (Phi) is 1.91. The van der Waals surface area contributed by atoms with Gasteiger partial charge in [0.15, 0.2) is 0 Å². The lowest BCUT2D eigenvalue weighted by Crippen LogP contribution is -2.21. The second-order valence-corrected chi connectivity index (χ2v) is 4.00. The minimum Gasteiger partial charge on any atom is -0.345 e. The Morgan fingerprint density at radius 1 is 1.54 bits per heavy atom. The summed E-state index contributed by atoms with van der Waals surface area (Å²) in [5.41, 5.74) is 8.34. The number of rotatable bonds is 3. The van der Waals surface area contributed by atoms with Crippen molar-refractivity contribution in [2.45, 2.75) is 38.5 Å². The van der Waals surface area contributed by atoms with Crippen LogP contribution in [-0.2, 0) is 11.8 Å². The zero-order valence-electron chi connectivity index (χ0n) is 8.35. The smallest absolute Gasteiger partial charge is 0.114 e. The molecule has 72 valence electrons. The number of hydrogen-bond donors (Lipinski definition) is 2. The predicted molar refractivity (Wildman–Crippen MR) is 52.7 cm³/mol. The van der Waals surface area contributed by atoms with E-state index in [1.165, 1.54) is 24.2 Å². The molecule has 0 spiro atoms. The molecule has 0 atom stereocenters. The standard InChI is InChI=1S/C10H17N3/c1-3-8-7(2)12-9(13-8)10(6-11)4-5-10/h3-6,11H2,1-2H3,(H,12,13). The Labute approximate surface area is 78.7 Å². The molecular formula is C10H17N3. The highest BCUT2D eigenvalue weighted by Crippen LogP contribution is 2.45. The topological polar surface area (TPSA) is 54.7 Å². The van der Waals surface area contributed by atoms with Crippen molar-refractivity contribution < 1.29 is 0 Å². The van der Waals surface area contributed by atoms with Gasteiger partial charge in [-0.15, -0.1) is 0 Å². The maximum absolute atomic E-state index is 5.74. The summed E-state index contributed by atoms with van der Waals surface area (Å²) in [6.45, 7) is 4.94. The van der Waals surface area contributed by atoms with Crippen LogP contribution < -0.4 is 5.73 Å². The van der Waals surface area contributed by atoms with Gasteiger partial charge in [-0.3, -0.25) is 0 Å². The van der Waals surface area contributed by atoms with E-state index in [-0.39, 0.29) is 5.41 Å². The van der Waals surface area contributed by atoms with E-state index in [0.717, 1.165) is 18.8 Å². The van der Waals surface area contributed by atoms with E-state index in [1.807, 2.05) is 0 Å². The number of aromatic nitrogens is 2. The molecule has 1 saturated carbocycles. The van der Waals surface area contributed by atoms with E-state index in [9.17, 15) is 0 Å². The van der Waals surface area contributed by atoms with Gasteiger partial charge in [0.1, 0.15) is 5.82 Å². The van der Waals surface area contributed by atoms with Crippen LogP contribution in [0, 0.1) is 6.92 Å². The summed E-state index contributed by atoms with van der Waals surface area (Å²) in [5, 5.41) is 0. The van der Waals surface area contributed by atoms with Crippen LogP contribution >= 0.6 is 0 Å². The van der Waals surface area contributed by atoms with E-state index in [2.05, 4.69) is 23.8 Å². The molecule has 0 aromatic carbocycles. The Morgan fingerprint density at radius 2 is 2.23 bits per heavy atom. The lowest BCUT2D eigenvalue weighted by Gasteiger charge is -2.07. The second kappa shape index (κ2) is 2.84. The van der Waals surface area contributed by atoms with Crippen molar-refractivity contribution in [3.05, 3.63) is 17.2 Å². The van der Waals surface area contributed by atoms with Crippen LogP contribution in [0.4, 0.5) is 0 Å². The number of nitrogens with one attached hydrogen (secondary N) is 1. The fourth-order valence-electron chi connectivity index (χ4n) is 1.78. The highest BCUT2D eigenvalue weighted by molar-refractivity contribution is 5.24.